The number of aromatic nitrogens is 2. The molecule has 2 aromatic heterocycles. The highest BCUT2D eigenvalue weighted by atomic mass is 19.4. The predicted octanol–water partition coefficient (Wildman–Crippen LogP) is 8.82. The van der Waals surface area contributed by atoms with Crippen LogP contribution in [0.15, 0.2) is 54.9 Å². The van der Waals surface area contributed by atoms with Gasteiger partial charge in [0, 0.05) is 35.6 Å². The van der Waals surface area contributed by atoms with Gasteiger partial charge in [-0.05, 0) is 101 Å². The molecular formula is C46H47F10N9O3. The number of alkyl halides is 6. The molecule has 5 saturated heterocycles. The van der Waals surface area contributed by atoms with Gasteiger partial charge in [-0.3, -0.25) is 19.4 Å². The molecule has 364 valence electrons. The monoisotopic (exact) mass is 963 g/mol. The van der Waals surface area contributed by atoms with Crippen LogP contribution >= 0.6 is 0 Å². The van der Waals surface area contributed by atoms with E-state index in [1.54, 1.807) is 6.07 Å². The van der Waals surface area contributed by atoms with Crippen molar-refractivity contribution in [2.24, 2.45) is 11.8 Å². The molecule has 0 spiro atoms. The van der Waals surface area contributed by atoms with Crippen LogP contribution in [0.3, 0.4) is 0 Å². The highest BCUT2D eigenvalue weighted by molar-refractivity contribution is 6.01. The minimum atomic E-state index is -4.30. The third-order valence-electron chi connectivity index (χ3n) is 13.3. The number of rotatable bonds is 5. The van der Waals surface area contributed by atoms with Gasteiger partial charge in [0.05, 0.1) is 85.8 Å². The van der Waals surface area contributed by atoms with Crippen molar-refractivity contribution in [3.8, 4) is 0 Å². The van der Waals surface area contributed by atoms with Gasteiger partial charge in [0.1, 0.15) is 34.9 Å². The van der Waals surface area contributed by atoms with E-state index < -0.39 is 60.5 Å². The minimum absolute atomic E-state index is 0.00191. The summed E-state index contributed by atoms with van der Waals surface area (Å²) in [6.07, 6.45) is -3.59. The first-order valence-corrected chi connectivity index (χ1v) is 22.4. The molecule has 2 aromatic carbocycles. The summed E-state index contributed by atoms with van der Waals surface area (Å²) in [4.78, 5) is 42.8. The number of likely N-dealkylation sites (tertiary alicyclic amines) is 2. The Kier molecular flexibility index (Phi) is 13.2. The maximum Gasteiger partial charge on any atom is 0.401 e. The lowest BCUT2D eigenvalue weighted by Gasteiger charge is -2.46. The Balaban J connectivity index is 0.000000175. The second-order valence-corrected chi connectivity index (χ2v) is 18.1. The molecule has 4 aromatic rings. The quantitative estimate of drug-likeness (QED) is 0.189. The molecule has 68 heavy (non-hydrogen) atoms. The Morgan fingerprint density at radius 3 is 1.60 bits per heavy atom. The summed E-state index contributed by atoms with van der Waals surface area (Å²) in [6.45, 7) is -0.319. The van der Waals surface area contributed by atoms with Crippen molar-refractivity contribution in [2.75, 3.05) is 77.8 Å². The molecule has 22 heteroatoms. The zero-order valence-corrected chi connectivity index (χ0v) is 36.5. The van der Waals surface area contributed by atoms with E-state index in [1.807, 2.05) is 4.90 Å². The molecule has 11 rings (SSSR count). The second kappa shape index (κ2) is 19.0. The number of anilines is 7. The van der Waals surface area contributed by atoms with Crippen molar-refractivity contribution < 1.29 is 58.2 Å². The number of carbonyl (C=O) groups excluding carboxylic acids is 2. The van der Waals surface area contributed by atoms with Gasteiger partial charge in [0.25, 0.3) is 0 Å². The topological polar surface area (TPSA) is 109 Å². The fourth-order valence-corrected chi connectivity index (χ4v) is 10.00. The van der Waals surface area contributed by atoms with Crippen LogP contribution in [-0.2, 0) is 27.4 Å². The second-order valence-electron chi connectivity index (χ2n) is 18.1. The van der Waals surface area contributed by atoms with Gasteiger partial charge < -0.3 is 30.1 Å². The fourth-order valence-electron chi connectivity index (χ4n) is 10.00. The normalized spacial score (nSPS) is 21.2. The molecule has 9 heterocycles. The van der Waals surface area contributed by atoms with E-state index in [9.17, 15) is 49.1 Å². The number of ether oxygens (including phenoxy) is 1. The molecule has 2 unspecified atom stereocenters. The molecular weight excluding hydrogens is 917 g/mol. The van der Waals surface area contributed by atoms with Crippen molar-refractivity contribution in [3.63, 3.8) is 0 Å². The summed E-state index contributed by atoms with van der Waals surface area (Å²) in [6, 6.07) is 9.45. The molecule has 0 saturated carbocycles. The standard InChI is InChI=1S/C26H28F5N5O2.C20H19F5N4O/c27-17-7-16-11-36(25(37)15-3-5-34(6-4-15)14-26(29,30)31)23-9-22(35-12-19-2-1-18(35)13-38-19)20(28)8-21(23)33-24(16)32-10-17;21-14-1-2-17-16(8-14)27-18-13(7-15(22)9-26-18)10-29(17)19(30)12-3-5-28(6-4-12)11-20(23,24)25/h7-10,15,18-19H,1-6,11-14H2,(H,32,33);1-2,7-9,12H,3-6,10-11H2,(H,26,27). The maximum absolute atomic E-state index is 15.5. The Bertz CT molecular complexity index is 2520. The Morgan fingerprint density at radius 2 is 1.13 bits per heavy atom. The summed E-state index contributed by atoms with van der Waals surface area (Å²) in [5, 5.41) is 6.01. The lowest BCUT2D eigenvalue weighted by atomic mass is 9.94. The van der Waals surface area contributed by atoms with Gasteiger partial charge in [-0.25, -0.2) is 27.5 Å². The van der Waals surface area contributed by atoms with Gasteiger partial charge in [0.2, 0.25) is 11.8 Å². The third kappa shape index (κ3) is 10.6. The Labute approximate surface area is 384 Å². The first kappa shape index (κ1) is 47.3. The van der Waals surface area contributed by atoms with Crippen molar-refractivity contribution in [2.45, 2.75) is 76.1 Å². The molecule has 12 nitrogen and oxygen atoms in total. The van der Waals surface area contributed by atoms with Gasteiger partial charge in [-0.1, -0.05) is 0 Å². The van der Waals surface area contributed by atoms with Gasteiger partial charge >= 0.3 is 12.4 Å². The van der Waals surface area contributed by atoms with Crippen molar-refractivity contribution >= 4 is 51.9 Å². The number of nitrogens with one attached hydrogen (secondary N) is 2. The smallest absolute Gasteiger partial charge is 0.374 e. The summed E-state index contributed by atoms with van der Waals surface area (Å²) in [7, 11) is 0. The first-order chi connectivity index (χ1) is 32.3. The van der Waals surface area contributed by atoms with E-state index >= 15 is 4.39 Å². The van der Waals surface area contributed by atoms with Crippen LogP contribution in [-0.4, -0.2) is 109 Å². The van der Waals surface area contributed by atoms with Crippen LogP contribution in [0.25, 0.3) is 0 Å². The van der Waals surface area contributed by atoms with E-state index in [2.05, 4.69) is 20.6 Å². The number of pyridine rings is 2. The lowest BCUT2D eigenvalue weighted by Crippen LogP contribution is -2.54. The van der Waals surface area contributed by atoms with E-state index in [0.717, 1.165) is 25.2 Å². The van der Waals surface area contributed by atoms with E-state index in [0.29, 0.717) is 64.4 Å². The van der Waals surface area contributed by atoms with Crippen molar-refractivity contribution in [1.82, 2.24) is 19.8 Å². The molecule has 7 aliphatic heterocycles. The highest BCUT2D eigenvalue weighted by Gasteiger charge is 2.40. The Morgan fingerprint density at radius 1 is 0.618 bits per heavy atom. The molecule has 0 radical (unpaired) electrons. The Hall–Kier alpha value is -5.74. The predicted molar refractivity (Wildman–Crippen MR) is 231 cm³/mol. The molecule has 2 amide bonds. The molecule has 2 atom stereocenters. The highest BCUT2D eigenvalue weighted by Crippen LogP contribution is 2.43. The molecule has 5 fully saturated rings. The largest absolute Gasteiger partial charge is 0.401 e. The van der Waals surface area contributed by atoms with Crippen molar-refractivity contribution in [1.29, 1.82) is 0 Å². The van der Waals surface area contributed by atoms with Gasteiger partial charge in [-0.2, -0.15) is 26.3 Å². The van der Waals surface area contributed by atoms with Gasteiger partial charge in [-0.15, -0.1) is 0 Å². The zero-order chi connectivity index (χ0) is 48.1. The van der Waals surface area contributed by atoms with Crippen molar-refractivity contribution in [3.05, 3.63) is 89.3 Å². The number of fused-ring (bicyclic) bond motifs is 7. The average molecular weight is 964 g/mol. The molecule has 2 N–H and O–H groups in total. The number of hydrogen-bond donors (Lipinski definition) is 2. The summed E-state index contributed by atoms with van der Waals surface area (Å²) in [5.74, 6) is -3.02. The molecule has 7 aliphatic rings. The van der Waals surface area contributed by atoms with E-state index in [1.165, 1.54) is 56.0 Å². The van der Waals surface area contributed by atoms with Crippen LogP contribution in [0.5, 0.6) is 0 Å². The SMILES string of the molecule is O=C(C1CCN(CC(F)(F)F)CC1)N1Cc2cc(F)cnc2Nc2cc(F)c(N3CC4CCC3CO4)cc21.O=C(C1CCN(CC(F)(F)F)CC1)N1Cc2cc(F)cnc2Nc2cc(F)ccc21. The van der Waals surface area contributed by atoms with Gasteiger partial charge in [0.15, 0.2) is 0 Å². The van der Waals surface area contributed by atoms with Crippen LogP contribution in [0.1, 0.15) is 49.7 Å². The number of hydrogen-bond acceptors (Lipinski definition) is 10. The van der Waals surface area contributed by atoms with Crippen LogP contribution < -0.4 is 25.3 Å². The molecule has 0 aliphatic carbocycles. The first-order valence-electron chi connectivity index (χ1n) is 22.4. The number of nitrogens with zero attached hydrogens (tertiary/aromatic N) is 7. The summed E-state index contributed by atoms with van der Waals surface area (Å²) < 4.78 is 139. The lowest BCUT2D eigenvalue weighted by molar-refractivity contribution is -0.150. The summed E-state index contributed by atoms with van der Waals surface area (Å²) >= 11 is 0. The number of amides is 2. The number of piperidine rings is 3. The van der Waals surface area contributed by atoms with E-state index in [-0.39, 0.29) is 88.9 Å². The maximum atomic E-state index is 15.5. The number of carbonyl (C=O) groups is 2. The number of halogens is 10. The van der Waals surface area contributed by atoms with Crippen LogP contribution in [0.4, 0.5) is 84.0 Å². The minimum Gasteiger partial charge on any atom is -0.374 e. The average Bonchev–Trinajstić information content (AvgIpc) is 3.55. The number of morpholine rings is 1. The fraction of sp³-hybridized carbons (Fsp3) is 0.478. The third-order valence-corrected chi connectivity index (χ3v) is 13.3. The number of benzene rings is 2. The summed E-state index contributed by atoms with van der Waals surface area (Å²) in [5.41, 5.74) is 2.71. The molecule has 2 bridgehead atoms. The van der Waals surface area contributed by atoms with E-state index in [4.69, 9.17) is 4.74 Å². The van der Waals surface area contributed by atoms with Crippen LogP contribution in [0.2, 0.25) is 0 Å². The van der Waals surface area contributed by atoms with Crippen LogP contribution in [0, 0.1) is 35.1 Å². The zero-order valence-electron chi connectivity index (χ0n) is 36.5.